The second-order valence-corrected chi connectivity index (χ2v) is 4.16. The zero-order valence-corrected chi connectivity index (χ0v) is 9.92. The molecule has 0 N–H and O–H groups in total. The van der Waals surface area contributed by atoms with Crippen LogP contribution in [0.2, 0.25) is 0 Å². The summed E-state index contributed by atoms with van der Waals surface area (Å²) in [7, 11) is 0. The van der Waals surface area contributed by atoms with Gasteiger partial charge in [0.25, 0.3) is 0 Å². The van der Waals surface area contributed by atoms with Crippen LogP contribution in [0.4, 0.5) is 10.5 Å². The van der Waals surface area contributed by atoms with Crippen molar-refractivity contribution in [1.29, 1.82) is 0 Å². The Hall–Kier alpha value is -2.28. The van der Waals surface area contributed by atoms with Crippen LogP contribution < -0.4 is 4.74 Å². The molecule has 0 saturated carbocycles. The van der Waals surface area contributed by atoms with Gasteiger partial charge >= 0.3 is 6.16 Å². The summed E-state index contributed by atoms with van der Waals surface area (Å²) >= 11 is 1.39. The van der Waals surface area contributed by atoms with Gasteiger partial charge in [0.15, 0.2) is 0 Å². The molecular weight excluding hydrogens is 256 g/mol. The summed E-state index contributed by atoms with van der Waals surface area (Å²) in [6.45, 7) is 0.122. The number of carbonyl (C=O) groups excluding carboxylic acids is 1. The average Bonchev–Trinajstić information content (AvgIpc) is 2.90. The van der Waals surface area contributed by atoms with Crippen molar-refractivity contribution >= 4 is 23.2 Å². The number of carbonyl (C=O) groups is 1. The number of nitrogens with zero attached hydrogens (tertiary/aromatic N) is 2. The third-order valence-corrected chi connectivity index (χ3v) is 2.71. The average molecular weight is 264 g/mol. The molecule has 0 unspecified atom stereocenters. The van der Waals surface area contributed by atoms with Gasteiger partial charge < -0.3 is 9.47 Å². The van der Waals surface area contributed by atoms with E-state index in [2.05, 4.69) is 10.2 Å². The number of nitroso groups, excluding NO2 is 1. The largest absolute Gasteiger partial charge is 0.514 e. The van der Waals surface area contributed by atoms with E-state index in [1.807, 2.05) is 0 Å². The van der Waals surface area contributed by atoms with E-state index >= 15 is 0 Å². The Kier molecular flexibility index (Phi) is 3.98. The second kappa shape index (κ2) is 5.87. The third kappa shape index (κ3) is 3.36. The molecule has 6 nitrogen and oxygen atoms in total. The molecule has 0 fully saturated rings. The molecule has 7 heteroatoms. The molecule has 92 valence electrons. The molecule has 0 spiro atoms. The molecule has 0 bridgehead atoms. The smallest absolute Gasteiger partial charge is 0.428 e. The van der Waals surface area contributed by atoms with E-state index in [1.165, 1.54) is 35.6 Å². The van der Waals surface area contributed by atoms with Gasteiger partial charge in [0.2, 0.25) is 0 Å². The molecule has 0 radical (unpaired) electrons. The number of hydrogen-bond donors (Lipinski definition) is 0. The zero-order valence-electron chi connectivity index (χ0n) is 9.11. The molecule has 0 amide bonds. The SMILES string of the molecule is O=Nc1ccc(OC(=O)OCc2cncs2)cc1. The van der Waals surface area contributed by atoms with Gasteiger partial charge in [-0.1, -0.05) is 0 Å². The summed E-state index contributed by atoms with van der Waals surface area (Å²) in [6.07, 6.45) is 0.804. The number of rotatable bonds is 4. The predicted octanol–water partition coefficient (Wildman–Crippen LogP) is 3.26. The lowest BCUT2D eigenvalue weighted by molar-refractivity contribution is 0.0936. The molecule has 0 atom stereocenters. The minimum atomic E-state index is -0.810. The van der Waals surface area contributed by atoms with Crippen LogP contribution in [0.3, 0.4) is 0 Å². The molecule has 0 aliphatic carbocycles. The lowest BCUT2D eigenvalue weighted by atomic mass is 10.3. The Balaban J connectivity index is 1.84. The summed E-state index contributed by atoms with van der Waals surface area (Å²) < 4.78 is 9.76. The van der Waals surface area contributed by atoms with Gasteiger partial charge in [-0.2, -0.15) is 0 Å². The van der Waals surface area contributed by atoms with Gasteiger partial charge in [0.1, 0.15) is 18.0 Å². The lowest BCUT2D eigenvalue weighted by Gasteiger charge is -2.04. The number of thiazole rings is 1. The van der Waals surface area contributed by atoms with Gasteiger partial charge in [-0.15, -0.1) is 16.2 Å². The molecule has 0 saturated heterocycles. The minimum Gasteiger partial charge on any atom is -0.428 e. The second-order valence-electron chi connectivity index (χ2n) is 3.19. The predicted molar refractivity (Wildman–Crippen MR) is 64.8 cm³/mol. The van der Waals surface area contributed by atoms with Crippen molar-refractivity contribution in [2.24, 2.45) is 5.18 Å². The number of benzene rings is 1. The normalized spacial score (nSPS) is 9.78. The Morgan fingerprint density at radius 2 is 2.11 bits per heavy atom. The van der Waals surface area contributed by atoms with Crippen LogP contribution in [0.15, 0.2) is 41.1 Å². The van der Waals surface area contributed by atoms with E-state index in [4.69, 9.17) is 9.47 Å². The first-order chi connectivity index (χ1) is 8.78. The van der Waals surface area contributed by atoms with Crippen molar-refractivity contribution < 1.29 is 14.3 Å². The van der Waals surface area contributed by atoms with Crippen molar-refractivity contribution in [1.82, 2.24) is 4.98 Å². The van der Waals surface area contributed by atoms with Crippen molar-refractivity contribution in [2.75, 3.05) is 0 Å². The highest BCUT2D eigenvalue weighted by Gasteiger charge is 2.07. The summed E-state index contributed by atoms with van der Waals surface area (Å²) in [5.74, 6) is 0.289. The molecule has 0 aliphatic heterocycles. The summed E-state index contributed by atoms with van der Waals surface area (Å²) in [6, 6.07) is 5.81. The van der Waals surface area contributed by atoms with Crippen LogP contribution in [-0.2, 0) is 11.3 Å². The van der Waals surface area contributed by atoms with Crippen molar-refractivity contribution in [3.63, 3.8) is 0 Å². The Labute approximate surface area is 106 Å². The number of ether oxygens (including phenoxy) is 2. The molecule has 2 aromatic rings. The highest BCUT2D eigenvalue weighted by molar-refractivity contribution is 7.09. The minimum absolute atomic E-state index is 0.122. The van der Waals surface area contributed by atoms with Crippen molar-refractivity contribution in [3.05, 3.63) is 45.8 Å². The molecule has 1 heterocycles. The van der Waals surface area contributed by atoms with Gasteiger partial charge in [0.05, 0.1) is 10.4 Å². The number of aromatic nitrogens is 1. The lowest BCUT2D eigenvalue weighted by Crippen LogP contribution is -2.09. The standard InChI is InChI=1S/C11H8N2O4S/c14-11(16-6-10-5-12-7-18-10)17-9-3-1-8(13-15)2-4-9/h1-5,7H,6H2. The van der Waals surface area contributed by atoms with Crippen LogP contribution in [0.1, 0.15) is 4.88 Å². The Bertz CT molecular complexity index is 524. The van der Waals surface area contributed by atoms with Crippen LogP contribution >= 0.6 is 11.3 Å². The topological polar surface area (TPSA) is 77.8 Å². The van der Waals surface area contributed by atoms with Crippen molar-refractivity contribution in [3.8, 4) is 5.75 Å². The third-order valence-electron chi connectivity index (χ3n) is 1.96. The molecular formula is C11H8N2O4S. The highest BCUT2D eigenvalue weighted by atomic mass is 32.1. The first kappa shape index (κ1) is 12.2. The fraction of sp³-hybridized carbons (Fsp3) is 0.0909. The molecule has 18 heavy (non-hydrogen) atoms. The number of hydrogen-bond acceptors (Lipinski definition) is 7. The molecule has 1 aromatic carbocycles. The van der Waals surface area contributed by atoms with E-state index in [1.54, 1.807) is 11.7 Å². The highest BCUT2D eigenvalue weighted by Crippen LogP contribution is 2.18. The summed E-state index contributed by atoms with van der Waals surface area (Å²) in [5.41, 5.74) is 1.91. The van der Waals surface area contributed by atoms with Gasteiger partial charge in [-0.25, -0.2) is 4.79 Å². The summed E-state index contributed by atoms with van der Waals surface area (Å²) in [5, 5.41) is 2.73. The molecule has 2 rings (SSSR count). The van der Waals surface area contributed by atoms with Gasteiger partial charge in [0, 0.05) is 6.20 Å². The monoisotopic (exact) mass is 264 g/mol. The van der Waals surface area contributed by atoms with E-state index < -0.39 is 6.16 Å². The zero-order chi connectivity index (χ0) is 12.8. The van der Waals surface area contributed by atoms with E-state index in [0.717, 1.165) is 4.88 Å². The summed E-state index contributed by atoms with van der Waals surface area (Å²) in [4.78, 5) is 26.2. The maximum Gasteiger partial charge on any atom is 0.514 e. The fourth-order valence-electron chi connectivity index (χ4n) is 1.14. The van der Waals surface area contributed by atoms with Gasteiger partial charge in [-0.3, -0.25) is 4.98 Å². The van der Waals surface area contributed by atoms with E-state index in [9.17, 15) is 9.70 Å². The Morgan fingerprint density at radius 1 is 1.33 bits per heavy atom. The van der Waals surface area contributed by atoms with Crippen LogP contribution in [0.25, 0.3) is 0 Å². The fourth-order valence-corrected chi connectivity index (χ4v) is 1.65. The Morgan fingerprint density at radius 3 is 2.72 bits per heavy atom. The maximum absolute atomic E-state index is 11.3. The van der Waals surface area contributed by atoms with Gasteiger partial charge in [-0.05, 0) is 29.4 Å². The van der Waals surface area contributed by atoms with E-state index in [0.29, 0.717) is 0 Å². The van der Waals surface area contributed by atoms with Crippen LogP contribution in [0.5, 0.6) is 5.75 Å². The first-order valence-electron chi connectivity index (χ1n) is 4.93. The van der Waals surface area contributed by atoms with Crippen LogP contribution in [0, 0.1) is 4.91 Å². The van der Waals surface area contributed by atoms with Crippen LogP contribution in [-0.4, -0.2) is 11.1 Å². The first-order valence-corrected chi connectivity index (χ1v) is 5.81. The quantitative estimate of drug-likeness (QED) is 0.481. The molecule has 0 aliphatic rings. The van der Waals surface area contributed by atoms with E-state index in [-0.39, 0.29) is 18.0 Å². The van der Waals surface area contributed by atoms with Crippen molar-refractivity contribution in [2.45, 2.75) is 6.61 Å². The maximum atomic E-state index is 11.3. The molecule has 1 aromatic heterocycles.